The van der Waals surface area contributed by atoms with Crippen LogP contribution in [0.4, 0.5) is 4.79 Å². The van der Waals surface area contributed by atoms with E-state index in [-0.39, 0.29) is 12.1 Å². The average Bonchev–Trinajstić information content (AvgIpc) is 2.76. The van der Waals surface area contributed by atoms with Crippen molar-refractivity contribution in [3.63, 3.8) is 0 Å². The number of amides is 1. The van der Waals surface area contributed by atoms with Crippen molar-refractivity contribution in [3.05, 3.63) is 82.4 Å². The summed E-state index contributed by atoms with van der Waals surface area (Å²) in [6.07, 6.45) is 4.77. The molecule has 0 saturated carbocycles. The van der Waals surface area contributed by atoms with E-state index in [0.29, 0.717) is 12.1 Å². The molecule has 0 saturated heterocycles. The van der Waals surface area contributed by atoms with Crippen molar-refractivity contribution in [2.24, 2.45) is 0 Å². The number of nitriles is 1. The number of carbonyl (C=O) groups excluding carboxylic acids is 1. The lowest BCUT2D eigenvalue weighted by molar-refractivity contribution is 0.0159. The van der Waals surface area contributed by atoms with Gasteiger partial charge in [0.1, 0.15) is 5.60 Å². The number of fused-ring (bicyclic) bond motifs is 2. The van der Waals surface area contributed by atoms with Crippen molar-refractivity contribution >= 4 is 29.0 Å². The SMILES string of the molecule is CC1c2cc(/C=C/c3ccc4cc(C#N)ccc4c3)ccc2CCN1C(=O)OC(C)(C)C. The van der Waals surface area contributed by atoms with Gasteiger partial charge in [-0.3, -0.25) is 0 Å². The summed E-state index contributed by atoms with van der Waals surface area (Å²) >= 11 is 0. The maximum Gasteiger partial charge on any atom is 0.410 e. The van der Waals surface area contributed by atoms with E-state index in [9.17, 15) is 4.79 Å². The lowest BCUT2D eigenvalue weighted by Gasteiger charge is -2.36. The molecule has 0 aliphatic carbocycles. The fourth-order valence-corrected chi connectivity index (χ4v) is 4.14. The van der Waals surface area contributed by atoms with Crippen molar-refractivity contribution in [2.45, 2.75) is 45.8 Å². The third-order valence-electron chi connectivity index (χ3n) is 5.80. The van der Waals surface area contributed by atoms with Crippen molar-refractivity contribution in [2.75, 3.05) is 6.54 Å². The Balaban J connectivity index is 1.55. The molecule has 1 aliphatic rings. The van der Waals surface area contributed by atoms with Crippen LogP contribution >= 0.6 is 0 Å². The van der Waals surface area contributed by atoms with Crippen molar-refractivity contribution in [3.8, 4) is 6.07 Å². The van der Waals surface area contributed by atoms with Crippen LogP contribution in [0.3, 0.4) is 0 Å². The van der Waals surface area contributed by atoms with Gasteiger partial charge in [0.25, 0.3) is 0 Å². The molecule has 0 aromatic heterocycles. The Hall–Kier alpha value is -3.58. The van der Waals surface area contributed by atoms with Crippen molar-refractivity contribution < 1.29 is 9.53 Å². The van der Waals surface area contributed by atoms with E-state index in [4.69, 9.17) is 10.00 Å². The fourth-order valence-electron chi connectivity index (χ4n) is 4.14. The first kappa shape index (κ1) is 21.6. The molecule has 3 aromatic rings. The Morgan fingerprint density at radius 3 is 2.41 bits per heavy atom. The van der Waals surface area contributed by atoms with Crippen LogP contribution in [-0.4, -0.2) is 23.1 Å². The molecular weight excluding hydrogens is 396 g/mol. The second-order valence-electron chi connectivity index (χ2n) is 9.32. The lowest BCUT2D eigenvalue weighted by Crippen LogP contribution is -2.42. The van der Waals surface area contributed by atoms with Crippen LogP contribution in [0.1, 0.15) is 61.6 Å². The predicted molar refractivity (Wildman–Crippen MR) is 129 cm³/mol. The topological polar surface area (TPSA) is 53.3 Å². The molecular formula is C28H28N2O2. The predicted octanol–water partition coefficient (Wildman–Crippen LogP) is 6.74. The molecule has 0 bridgehead atoms. The van der Waals surface area contributed by atoms with E-state index in [1.54, 1.807) is 0 Å². The minimum atomic E-state index is -0.502. The summed E-state index contributed by atoms with van der Waals surface area (Å²) in [7, 11) is 0. The molecule has 0 fully saturated rings. The Morgan fingerprint density at radius 1 is 1.03 bits per heavy atom. The zero-order valence-corrected chi connectivity index (χ0v) is 19.1. The van der Waals surface area contributed by atoms with Crippen LogP contribution in [0.25, 0.3) is 22.9 Å². The van der Waals surface area contributed by atoms with Crippen LogP contribution in [-0.2, 0) is 11.2 Å². The van der Waals surface area contributed by atoms with Gasteiger partial charge in [0, 0.05) is 6.54 Å². The van der Waals surface area contributed by atoms with Gasteiger partial charge in [-0.05, 0) is 91.4 Å². The minimum Gasteiger partial charge on any atom is -0.444 e. The maximum absolute atomic E-state index is 12.6. The van der Waals surface area contributed by atoms with Gasteiger partial charge in [0.2, 0.25) is 0 Å². The van der Waals surface area contributed by atoms with Crippen molar-refractivity contribution in [1.82, 2.24) is 4.90 Å². The highest BCUT2D eigenvalue weighted by atomic mass is 16.6. The number of benzene rings is 3. The lowest BCUT2D eigenvalue weighted by atomic mass is 9.92. The first-order chi connectivity index (χ1) is 15.2. The first-order valence-electron chi connectivity index (χ1n) is 11.0. The summed E-state index contributed by atoms with van der Waals surface area (Å²) in [6, 6.07) is 20.6. The molecule has 4 rings (SSSR count). The van der Waals surface area contributed by atoms with Gasteiger partial charge in [-0.25, -0.2) is 4.79 Å². The van der Waals surface area contributed by atoms with Gasteiger partial charge < -0.3 is 9.64 Å². The molecule has 1 unspecified atom stereocenters. The van der Waals surface area contributed by atoms with Gasteiger partial charge in [0.15, 0.2) is 0 Å². The maximum atomic E-state index is 12.6. The van der Waals surface area contributed by atoms with Crippen LogP contribution in [0, 0.1) is 11.3 Å². The molecule has 162 valence electrons. The molecule has 1 amide bonds. The van der Waals surface area contributed by atoms with Gasteiger partial charge in [-0.15, -0.1) is 0 Å². The van der Waals surface area contributed by atoms with E-state index >= 15 is 0 Å². The van der Waals surface area contributed by atoms with E-state index in [1.165, 1.54) is 11.1 Å². The average molecular weight is 425 g/mol. The second-order valence-corrected chi connectivity index (χ2v) is 9.32. The zero-order valence-electron chi connectivity index (χ0n) is 19.1. The van der Waals surface area contributed by atoms with Gasteiger partial charge in [0.05, 0.1) is 17.7 Å². The number of hydrogen-bond donors (Lipinski definition) is 0. The summed E-state index contributed by atoms with van der Waals surface area (Å²) in [6.45, 7) is 8.42. The molecule has 0 N–H and O–H groups in total. The Kier molecular flexibility index (Phi) is 5.76. The molecule has 1 atom stereocenters. The number of rotatable bonds is 2. The summed E-state index contributed by atoms with van der Waals surface area (Å²) in [5.74, 6) is 0. The second kappa shape index (κ2) is 8.51. The molecule has 3 aromatic carbocycles. The van der Waals surface area contributed by atoms with E-state index in [1.807, 2.05) is 49.9 Å². The van der Waals surface area contributed by atoms with Crippen molar-refractivity contribution in [1.29, 1.82) is 5.26 Å². The third kappa shape index (κ3) is 4.68. The minimum absolute atomic E-state index is 0.0306. The molecule has 32 heavy (non-hydrogen) atoms. The number of hydrogen-bond acceptors (Lipinski definition) is 3. The highest BCUT2D eigenvalue weighted by Gasteiger charge is 2.30. The quantitative estimate of drug-likeness (QED) is 0.428. The summed E-state index contributed by atoms with van der Waals surface area (Å²) in [5, 5.41) is 11.2. The van der Waals surface area contributed by atoms with Gasteiger partial charge in [-0.2, -0.15) is 5.26 Å². The number of nitrogens with zero attached hydrogens (tertiary/aromatic N) is 2. The third-order valence-corrected chi connectivity index (χ3v) is 5.80. The van der Waals surface area contributed by atoms with Gasteiger partial charge in [-0.1, -0.05) is 42.5 Å². The summed E-state index contributed by atoms with van der Waals surface area (Å²) in [4.78, 5) is 14.5. The first-order valence-corrected chi connectivity index (χ1v) is 11.0. The van der Waals surface area contributed by atoms with Crippen LogP contribution in [0.5, 0.6) is 0 Å². The van der Waals surface area contributed by atoms with E-state index in [2.05, 4.69) is 55.5 Å². The highest BCUT2D eigenvalue weighted by molar-refractivity contribution is 5.87. The fraction of sp³-hybridized carbons (Fsp3) is 0.286. The van der Waals surface area contributed by atoms with Crippen LogP contribution in [0.15, 0.2) is 54.6 Å². The van der Waals surface area contributed by atoms with Crippen LogP contribution in [0.2, 0.25) is 0 Å². The van der Waals surface area contributed by atoms with Gasteiger partial charge >= 0.3 is 6.09 Å². The highest BCUT2D eigenvalue weighted by Crippen LogP contribution is 2.32. The number of ether oxygens (including phenoxy) is 1. The Labute approximate surface area is 189 Å². The Bertz CT molecular complexity index is 1240. The number of carbonyl (C=O) groups is 1. The molecule has 1 heterocycles. The largest absolute Gasteiger partial charge is 0.444 e. The molecule has 0 spiro atoms. The summed E-state index contributed by atoms with van der Waals surface area (Å²) in [5.41, 5.74) is 4.83. The smallest absolute Gasteiger partial charge is 0.410 e. The Morgan fingerprint density at radius 2 is 1.69 bits per heavy atom. The van der Waals surface area contributed by atoms with Crippen LogP contribution < -0.4 is 0 Å². The standard InChI is InChI=1S/C28H28N2O2/c1-19-26-17-21(7-10-23(26)13-14-30(19)27(31)32-28(2,3)4)6-5-20-8-11-25-16-22(18-29)9-12-24(25)15-20/h5-12,15-17,19H,13-14H2,1-4H3/b6-5+. The molecule has 1 aliphatic heterocycles. The summed E-state index contributed by atoms with van der Waals surface area (Å²) < 4.78 is 5.60. The monoisotopic (exact) mass is 424 g/mol. The van der Waals surface area contributed by atoms with E-state index in [0.717, 1.165) is 28.3 Å². The normalized spacial score (nSPS) is 16.1. The van der Waals surface area contributed by atoms with E-state index < -0.39 is 5.60 Å². The molecule has 4 nitrogen and oxygen atoms in total. The molecule has 0 radical (unpaired) electrons. The molecule has 4 heteroatoms. The zero-order chi connectivity index (χ0) is 22.9.